The van der Waals surface area contributed by atoms with Gasteiger partial charge in [0.1, 0.15) is 0 Å². The average Bonchev–Trinajstić information content (AvgIpc) is 2.94. The molecular formula is C34H24I2. The Bertz CT molecular complexity index is 1770. The van der Waals surface area contributed by atoms with Crippen LogP contribution in [0.5, 0.6) is 0 Å². The van der Waals surface area contributed by atoms with Gasteiger partial charge in [-0.3, -0.25) is 0 Å². The molecule has 3 aliphatic rings. The zero-order valence-electron chi connectivity index (χ0n) is 19.8. The van der Waals surface area contributed by atoms with Crippen LogP contribution in [0.4, 0.5) is 0 Å². The Morgan fingerprint density at radius 1 is 0.583 bits per heavy atom. The third kappa shape index (κ3) is 3.67. The molecule has 2 heteroatoms. The SMILES string of the molecule is IC1=CCc2c3c(ccc2=C1I)=C1CCC=CC1=CC3.c1cc2ccc3cccc4ccc(c1)c2c34. The Morgan fingerprint density at radius 3 is 1.78 bits per heavy atom. The topological polar surface area (TPSA) is 0 Å². The number of halogens is 2. The van der Waals surface area contributed by atoms with Crippen LogP contribution in [0.15, 0.2) is 106 Å². The zero-order chi connectivity index (χ0) is 24.2. The van der Waals surface area contributed by atoms with Gasteiger partial charge in [-0.1, -0.05) is 97.1 Å². The van der Waals surface area contributed by atoms with Crippen molar-refractivity contribution in [2.24, 2.45) is 0 Å². The molecule has 36 heavy (non-hydrogen) atoms. The van der Waals surface area contributed by atoms with E-state index in [4.69, 9.17) is 0 Å². The van der Waals surface area contributed by atoms with Gasteiger partial charge in [0.2, 0.25) is 0 Å². The normalized spacial score (nSPS) is 16.3. The van der Waals surface area contributed by atoms with Gasteiger partial charge in [0.25, 0.3) is 0 Å². The minimum absolute atomic E-state index is 1.09. The molecule has 0 N–H and O–H groups in total. The molecule has 0 nitrogen and oxygen atoms in total. The van der Waals surface area contributed by atoms with E-state index in [1.807, 2.05) is 0 Å². The smallest absolute Gasteiger partial charge is 0.0336 e. The summed E-state index contributed by atoms with van der Waals surface area (Å²) in [5.74, 6) is 0. The van der Waals surface area contributed by atoms with Gasteiger partial charge in [-0.15, -0.1) is 0 Å². The molecule has 0 saturated heterocycles. The number of rotatable bonds is 0. The highest BCUT2D eigenvalue weighted by Gasteiger charge is 2.19. The quantitative estimate of drug-likeness (QED) is 0.113. The van der Waals surface area contributed by atoms with Gasteiger partial charge in [0.05, 0.1) is 0 Å². The van der Waals surface area contributed by atoms with E-state index < -0.39 is 0 Å². The van der Waals surface area contributed by atoms with Crippen molar-refractivity contribution in [1.82, 2.24) is 0 Å². The first-order valence-corrected chi connectivity index (χ1v) is 14.7. The van der Waals surface area contributed by atoms with Crippen molar-refractivity contribution in [2.45, 2.75) is 25.7 Å². The molecule has 0 amide bonds. The second-order valence-corrected chi connectivity index (χ2v) is 12.0. The van der Waals surface area contributed by atoms with Crippen LogP contribution in [-0.4, -0.2) is 0 Å². The van der Waals surface area contributed by atoms with Gasteiger partial charge in [0.15, 0.2) is 0 Å². The van der Waals surface area contributed by atoms with E-state index >= 15 is 0 Å². The van der Waals surface area contributed by atoms with Crippen molar-refractivity contribution in [3.8, 4) is 0 Å². The van der Waals surface area contributed by atoms with Crippen molar-refractivity contribution in [1.29, 1.82) is 0 Å². The molecule has 3 aliphatic carbocycles. The molecule has 0 bridgehead atoms. The van der Waals surface area contributed by atoms with Crippen LogP contribution in [0.3, 0.4) is 0 Å². The Hall–Kier alpha value is -2.44. The lowest BCUT2D eigenvalue weighted by molar-refractivity contribution is 1.000. The van der Waals surface area contributed by atoms with Gasteiger partial charge in [-0.05, 0) is 136 Å². The molecule has 0 aliphatic heterocycles. The minimum atomic E-state index is 1.09. The van der Waals surface area contributed by atoms with Crippen LogP contribution >= 0.6 is 45.2 Å². The molecule has 174 valence electrons. The summed E-state index contributed by atoms with van der Waals surface area (Å²) in [6.45, 7) is 0. The second-order valence-electron chi connectivity index (χ2n) is 9.76. The van der Waals surface area contributed by atoms with Crippen LogP contribution < -0.4 is 10.4 Å². The summed E-state index contributed by atoms with van der Waals surface area (Å²) in [6.07, 6.45) is 14.0. The Morgan fingerprint density at radius 2 is 1.14 bits per heavy atom. The molecule has 0 fully saturated rings. The van der Waals surface area contributed by atoms with Crippen molar-refractivity contribution >= 4 is 86.7 Å². The van der Waals surface area contributed by atoms with Gasteiger partial charge in [-0.25, -0.2) is 0 Å². The van der Waals surface area contributed by atoms with Crippen LogP contribution in [0.1, 0.15) is 24.0 Å². The molecule has 0 radical (unpaired) electrons. The van der Waals surface area contributed by atoms with E-state index in [-0.39, 0.29) is 0 Å². The molecule has 0 spiro atoms. The summed E-state index contributed by atoms with van der Waals surface area (Å²) in [4.78, 5) is 0. The fraction of sp³-hybridized carbons (Fsp3) is 0.118. The number of hydrogen-bond acceptors (Lipinski definition) is 0. The lowest BCUT2D eigenvalue weighted by Crippen LogP contribution is -2.28. The zero-order valence-corrected chi connectivity index (χ0v) is 24.1. The maximum atomic E-state index is 2.49. The molecule has 5 aromatic carbocycles. The maximum absolute atomic E-state index is 2.49. The third-order valence-corrected chi connectivity index (χ3v) is 11.0. The minimum Gasteiger partial charge on any atom is -0.0836 e. The number of fused-ring (bicyclic) bond motifs is 4. The lowest BCUT2D eigenvalue weighted by Gasteiger charge is -2.22. The summed E-state index contributed by atoms with van der Waals surface area (Å²) >= 11 is 4.95. The molecule has 8 rings (SSSR count). The van der Waals surface area contributed by atoms with Crippen LogP contribution in [-0.2, 0) is 12.8 Å². The summed E-state index contributed by atoms with van der Waals surface area (Å²) < 4.78 is 2.81. The van der Waals surface area contributed by atoms with E-state index in [9.17, 15) is 0 Å². The average molecular weight is 686 g/mol. The molecule has 5 aromatic rings. The lowest BCUT2D eigenvalue weighted by atomic mass is 9.83. The van der Waals surface area contributed by atoms with E-state index in [0.29, 0.717) is 0 Å². The highest BCUT2D eigenvalue weighted by atomic mass is 127. The van der Waals surface area contributed by atoms with E-state index in [1.54, 1.807) is 16.7 Å². The third-order valence-electron chi connectivity index (χ3n) is 7.81. The number of allylic oxidation sites excluding steroid dienone is 6. The summed E-state index contributed by atoms with van der Waals surface area (Å²) in [5.41, 5.74) is 6.16. The van der Waals surface area contributed by atoms with Gasteiger partial charge in [-0.2, -0.15) is 0 Å². The Kier molecular flexibility index (Phi) is 5.77. The Balaban J connectivity index is 0.000000125. The van der Waals surface area contributed by atoms with Gasteiger partial charge in [0, 0.05) is 7.16 Å². The molecule has 0 atom stereocenters. The Labute approximate surface area is 238 Å². The van der Waals surface area contributed by atoms with Gasteiger partial charge < -0.3 is 0 Å². The first-order chi connectivity index (χ1) is 17.7. The van der Waals surface area contributed by atoms with E-state index in [0.717, 1.165) is 12.8 Å². The molecule has 0 saturated carbocycles. The number of benzene rings is 5. The van der Waals surface area contributed by atoms with E-state index in [1.165, 1.54) is 68.3 Å². The fourth-order valence-electron chi connectivity index (χ4n) is 6.10. The van der Waals surface area contributed by atoms with Crippen molar-refractivity contribution in [3.05, 3.63) is 128 Å². The predicted octanol–water partition coefficient (Wildman–Crippen LogP) is 8.67. The molecular weight excluding hydrogens is 662 g/mol. The first kappa shape index (κ1) is 22.7. The molecule has 0 aromatic heterocycles. The largest absolute Gasteiger partial charge is 0.0836 e. The predicted molar refractivity (Wildman–Crippen MR) is 173 cm³/mol. The van der Waals surface area contributed by atoms with Crippen LogP contribution in [0.2, 0.25) is 0 Å². The van der Waals surface area contributed by atoms with E-state index in [2.05, 4.69) is 142 Å². The summed E-state index contributed by atoms with van der Waals surface area (Å²) in [7, 11) is 0. The fourth-order valence-corrected chi connectivity index (χ4v) is 7.34. The molecule has 0 unspecified atom stereocenters. The van der Waals surface area contributed by atoms with Crippen molar-refractivity contribution in [2.75, 3.05) is 0 Å². The van der Waals surface area contributed by atoms with Gasteiger partial charge >= 0.3 is 0 Å². The van der Waals surface area contributed by atoms with Crippen LogP contribution in [0.25, 0.3) is 41.5 Å². The molecule has 0 heterocycles. The highest BCUT2D eigenvalue weighted by molar-refractivity contribution is 14.1. The standard InChI is InChI=1S/C18H14I2.C16H10/c19-17-10-9-15-14-6-5-11-3-1-2-4-12(11)13(14)7-8-16(15)18(17)20;1-3-11-7-9-13-5-2-6-14-10-8-12(4-1)15(11)16(13)14/h1,3,5,7-8,10H,2,4,6,9H2;1-10H. The first-order valence-electron chi connectivity index (χ1n) is 12.6. The van der Waals surface area contributed by atoms with Crippen LogP contribution in [0, 0.1) is 0 Å². The summed E-state index contributed by atoms with van der Waals surface area (Å²) in [5, 5.41) is 11.1. The maximum Gasteiger partial charge on any atom is 0.0336 e. The number of hydrogen-bond donors (Lipinski definition) is 0. The van der Waals surface area contributed by atoms with Crippen molar-refractivity contribution in [3.63, 3.8) is 0 Å². The van der Waals surface area contributed by atoms with Crippen molar-refractivity contribution < 1.29 is 0 Å². The summed E-state index contributed by atoms with van der Waals surface area (Å²) in [6, 6.07) is 26.6. The monoisotopic (exact) mass is 686 g/mol. The highest BCUT2D eigenvalue weighted by Crippen LogP contribution is 2.34. The second kappa shape index (κ2) is 9.14.